The minimum atomic E-state index is -1.34. The van der Waals surface area contributed by atoms with Gasteiger partial charge in [-0.3, -0.25) is 0 Å². The third-order valence-electron chi connectivity index (χ3n) is 14.3. The Labute approximate surface area is 392 Å². The summed E-state index contributed by atoms with van der Waals surface area (Å²) in [5, 5.41) is 2.07. The minimum Gasteiger partial charge on any atom is -0.455 e. The predicted molar refractivity (Wildman–Crippen MR) is 274 cm³/mol. The van der Waals surface area contributed by atoms with Crippen molar-refractivity contribution >= 4 is 39.0 Å². The first kappa shape index (κ1) is 33.3. The molecule has 0 saturated carbocycles. The summed E-state index contributed by atoms with van der Waals surface area (Å²) in [6, 6.07) is 70.0. The number of hydrogen-bond acceptors (Lipinski definition) is 2. The molecular formula is C64H45NO. The standard InChI is InChI=1S/C64H45NO/c1-63(2)57-25-12-9-20-51(57)53-38-36-48(40-59(53)63)65(47-34-30-43(31-35-47)42-16-5-3-6-17-42)49-37-39-54-52-21-10-13-26-58(52)64(60(54)41-49,45-18-7-4-8-19-45)46-32-28-44(29-33-46)50-23-15-24-56-55-22-11-14-27-61(55)66-62(50)56/h3-41H,1-2H3/i4D,7D,8D,18D,19D. The van der Waals surface area contributed by atoms with Crippen LogP contribution in [0, 0.1) is 0 Å². The number of para-hydroxylation sites is 2. The van der Waals surface area contributed by atoms with Crippen LogP contribution >= 0.6 is 0 Å². The molecule has 0 saturated heterocycles. The first-order chi connectivity index (χ1) is 34.5. The summed E-state index contributed by atoms with van der Waals surface area (Å²) < 4.78 is 53.0. The van der Waals surface area contributed by atoms with Crippen molar-refractivity contribution in [3.05, 3.63) is 270 Å². The van der Waals surface area contributed by atoms with Gasteiger partial charge in [-0.2, -0.15) is 0 Å². The summed E-state index contributed by atoms with van der Waals surface area (Å²) in [4.78, 5) is 2.29. The van der Waals surface area contributed by atoms with Crippen molar-refractivity contribution in [2.75, 3.05) is 4.90 Å². The van der Waals surface area contributed by atoms with Gasteiger partial charge < -0.3 is 9.32 Å². The van der Waals surface area contributed by atoms with E-state index in [9.17, 15) is 2.74 Å². The normalized spacial score (nSPS) is 16.4. The molecule has 0 aliphatic heterocycles. The number of rotatable bonds is 7. The molecule has 2 aliphatic rings. The van der Waals surface area contributed by atoms with Gasteiger partial charge >= 0.3 is 0 Å². The molecule has 10 aromatic carbocycles. The zero-order valence-electron chi connectivity index (χ0n) is 41.5. The fourth-order valence-electron chi connectivity index (χ4n) is 11.2. The second kappa shape index (κ2) is 14.7. The number of nitrogens with zero attached hydrogens (tertiary/aromatic N) is 1. The quantitative estimate of drug-likeness (QED) is 0.159. The van der Waals surface area contributed by atoms with Gasteiger partial charge in [0.05, 0.1) is 12.3 Å². The van der Waals surface area contributed by atoms with Crippen LogP contribution in [0.25, 0.3) is 66.4 Å². The van der Waals surface area contributed by atoms with Gasteiger partial charge in [0.1, 0.15) is 11.2 Å². The van der Waals surface area contributed by atoms with Gasteiger partial charge in [0, 0.05) is 38.8 Å². The van der Waals surface area contributed by atoms with Crippen LogP contribution in [-0.4, -0.2) is 0 Å². The smallest absolute Gasteiger partial charge is 0.143 e. The van der Waals surface area contributed by atoms with Crippen molar-refractivity contribution in [2.24, 2.45) is 0 Å². The summed E-state index contributed by atoms with van der Waals surface area (Å²) in [5.41, 5.74) is 16.4. The average Bonchev–Trinajstić information content (AvgIpc) is 4.02. The lowest BCUT2D eigenvalue weighted by Crippen LogP contribution is -2.28. The van der Waals surface area contributed by atoms with Crippen molar-refractivity contribution in [1.29, 1.82) is 0 Å². The Kier molecular flexibility index (Phi) is 7.41. The largest absolute Gasteiger partial charge is 0.455 e. The fraction of sp³-hybridized carbons (Fsp3) is 0.0625. The van der Waals surface area contributed by atoms with Crippen LogP contribution in [0.5, 0.6) is 0 Å². The summed E-state index contributed by atoms with van der Waals surface area (Å²) in [6.45, 7) is 4.59. The van der Waals surface area contributed by atoms with Crippen LogP contribution in [-0.2, 0) is 10.8 Å². The zero-order valence-corrected chi connectivity index (χ0v) is 36.5. The highest BCUT2D eigenvalue weighted by atomic mass is 16.3. The predicted octanol–water partition coefficient (Wildman–Crippen LogP) is 17.1. The summed E-state index contributed by atoms with van der Waals surface area (Å²) >= 11 is 0. The van der Waals surface area contributed by atoms with Crippen molar-refractivity contribution in [3.8, 4) is 44.5 Å². The highest BCUT2D eigenvalue weighted by Crippen LogP contribution is 2.58. The van der Waals surface area contributed by atoms with E-state index in [-0.39, 0.29) is 35.1 Å². The van der Waals surface area contributed by atoms with Gasteiger partial charge in [0.25, 0.3) is 0 Å². The number of furan rings is 1. The molecule has 66 heavy (non-hydrogen) atoms. The van der Waals surface area contributed by atoms with E-state index >= 15 is 0 Å². The Morgan fingerprint density at radius 2 is 0.939 bits per heavy atom. The average molecular weight is 849 g/mol. The first-order valence-corrected chi connectivity index (χ1v) is 22.6. The number of fused-ring (bicyclic) bond motifs is 9. The number of hydrogen-bond donors (Lipinski definition) is 0. The van der Waals surface area contributed by atoms with Crippen LogP contribution in [0.2, 0.25) is 0 Å². The molecule has 1 aromatic heterocycles. The molecule has 0 spiro atoms. The van der Waals surface area contributed by atoms with E-state index in [1.165, 1.54) is 22.3 Å². The second-order valence-electron chi connectivity index (χ2n) is 18.0. The highest BCUT2D eigenvalue weighted by Gasteiger charge is 2.46. The summed E-state index contributed by atoms with van der Waals surface area (Å²) in [7, 11) is 0. The lowest BCUT2D eigenvalue weighted by molar-refractivity contribution is 0.660. The maximum atomic E-state index is 9.74. The van der Waals surface area contributed by atoms with Crippen LogP contribution in [0.1, 0.15) is 54.1 Å². The molecule has 13 rings (SSSR count). The summed E-state index contributed by atoms with van der Waals surface area (Å²) in [5.74, 6) is 0. The molecule has 312 valence electrons. The van der Waals surface area contributed by atoms with E-state index in [1.807, 2.05) is 36.4 Å². The van der Waals surface area contributed by atoms with E-state index < -0.39 is 11.5 Å². The Balaban J connectivity index is 1.06. The Morgan fingerprint density at radius 1 is 0.394 bits per heavy atom. The van der Waals surface area contributed by atoms with Crippen molar-refractivity contribution in [2.45, 2.75) is 24.7 Å². The molecule has 2 aliphatic carbocycles. The number of anilines is 3. The first-order valence-electron chi connectivity index (χ1n) is 25.1. The van der Waals surface area contributed by atoms with Crippen LogP contribution < -0.4 is 4.90 Å². The maximum Gasteiger partial charge on any atom is 0.143 e. The SMILES string of the molecule is [2H]c1c([2H])c([2H])c(C2(c3ccc(-c4cccc5c4oc4ccccc45)cc3)c3ccccc3-c3ccc(N(c4ccc(-c5ccccc5)cc4)c4ccc5c(c4)C(C)(C)c4ccccc4-5)cc32)c([2H])c1[2H]. The molecule has 0 amide bonds. The fourth-order valence-corrected chi connectivity index (χ4v) is 11.2. The van der Waals surface area contributed by atoms with Gasteiger partial charge in [-0.25, -0.2) is 0 Å². The monoisotopic (exact) mass is 848 g/mol. The van der Waals surface area contributed by atoms with Crippen LogP contribution in [0.4, 0.5) is 17.1 Å². The van der Waals surface area contributed by atoms with Gasteiger partial charge in [0.2, 0.25) is 0 Å². The Bertz CT molecular complexity index is 3940. The van der Waals surface area contributed by atoms with Gasteiger partial charge in [-0.1, -0.05) is 208 Å². The second-order valence-corrected chi connectivity index (χ2v) is 18.0. The van der Waals surface area contributed by atoms with E-state index in [1.54, 1.807) is 0 Å². The highest BCUT2D eigenvalue weighted by molar-refractivity contribution is 6.09. The van der Waals surface area contributed by atoms with Crippen molar-refractivity contribution in [3.63, 3.8) is 0 Å². The zero-order chi connectivity index (χ0) is 48.3. The summed E-state index contributed by atoms with van der Waals surface area (Å²) in [6.07, 6.45) is 0. The Morgan fingerprint density at radius 3 is 1.70 bits per heavy atom. The molecule has 0 fully saturated rings. The minimum absolute atomic E-state index is 0.204. The molecule has 11 aromatic rings. The number of benzene rings is 10. The van der Waals surface area contributed by atoms with E-state index in [0.717, 1.165) is 89.1 Å². The van der Waals surface area contributed by atoms with Crippen molar-refractivity contribution in [1.82, 2.24) is 0 Å². The topological polar surface area (TPSA) is 16.4 Å². The lowest BCUT2D eigenvalue weighted by Gasteiger charge is -2.35. The lowest BCUT2D eigenvalue weighted by atomic mass is 9.67. The van der Waals surface area contributed by atoms with E-state index in [2.05, 4.69) is 189 Å². The maximum absolute atomic E-state index is 9.74. The third-order valence-corrected chi connectivity index (χ3v) is 14.3. The van der Waals surface area contributed by atoms with Gasteiger partial charge in [0.15, 0.2) is 0 Å². The molecule has 0 bridgehead atoms. The molecule has 1 unspecified atom stereocenters. The molecule has 0 N–H and O–H groups in total. The van der Waals surface area contributed by atoms with Crippen molar-refractivity contribution < 1.29 is 11.3 Å². The molecule has 2 nitrogen and oxygen atoms in total. The molecule has 0 radical (unpaired) electrons. The van der Waals surface area contributed by atoms with E-state index in [0.29, 0.717) is 0 Å². The molecule has 1 heterocycles. The Hall–Kier alpha value is -8.20. The molecule has 1 atom stereocenters. The van der Waals surface area contributed by atoms with Gasteiger partial charge in [-0.15, -0.1) is 0 Å². The molecule has 2 heteroatoms. The van der Waals surface area contributed by atoms with E-state index in [4.69, 9.17) is 8.53 Å². The molecular weight excluding hydrogens is 799 g/mol. The van der Waals surface area contributed by atoms with Gasteiger partial charge in [-0.05, 0) is 115 Å². The van der Waals surface area contributed by atoms with Crippen LogP contribution in [0.3, 0.4) is 0 Å². The van der Waals surface area contributed by atoms with Crippen LogP contribution in [0.15, 0.2) is 241 Å². The third kappa shape index (κ3) is 5.61.